The summed E-state index contributed by atoms with van der Waals surface area (Å²) in [7, 11) is 0. The lowest BCUT2D eigenvalue weighted by molar-refractivity contribution is -0.386. The summed E-state index contributed by atoms with van der Waals surface area (Å²) in [6.07, 6.45) is 1.53. The van der Waals surface area contributed by atoms with Crippen LogP contribution in [-0.4, -0.2) is 39.3 Å². The number of aromatic hydroxyl groups is 1. The smallest absolute Gasteiger partial charge is 0.334 e. The zero-order chi connectivity index (χ0) is 15.1. The van der Waals surface area contributed by atoms with E-state index >= 15 is 0 Å². The zero-order valence-electron chi connectivity index (χ0n) is 11.8. The Kier molecular flexibility index (Phi) is 3.54. The number of pyridine rings is 1. The molecular formula is C14H18N3O4. The lowest BCUT2D eigenvalue weighted by Gasteiger charge is -2.33. The maximum absolute atomic E-state index is 11.4. The lowest BCUT2D eigenvalue weighted by Crippen LogP contribution is -2.45. The number of fused-ring (bicyclic) bond motifs is 1. The molecule has 3 rings (SSSR count). The number of piperidine rings is 1. The van der Waals surface area contributed by atoms with Crippen LogP contribution in [0.4, 0.5) is 5.69 Å². The van der Waals surface area contributed by atoms with Crippen molar-refractivity contribution < 1.29 is 15.1 Å². The van der Waals surface area contributed by atoms with Crippen LogP contribution >= 0.6 is 0 Å². The van der Waals surface area contributed by atoms with Crippen molar-refractivity contribution in [3.05, 3.63) is 32.9 Å². The molecule has 0 amide bonds. The van der Waals surface area contributed by atoms with Gasteiger partial charge in [-0.15, -0.1) is 0 Å². The molecule has 1 aliphatic heterocycles. The Hall–Kier alpha value is -1.73. The highest BCUT2D eigenvalue weighted by Gasteiger charge is 2.40. The first-order chi connectivity index (χ1) is 10.0. The predicted molar refractivity (Wildman–Crippen MR) is 75.0 cm³/mol. The van der Waals surface area contributed by atoms with Crippen LogP contribution in [0.1, 0.15) is 30.2 Å². The Morgan fingerprint density at radius 2 is 2.19 bits per heavy atom. The molecule has 0 unspecified atom stereocenters. The minimum absolute atomic E-state index is 0.0271. The van der Waals surface area contributed by atoms with Crippen molar-refractivity contribution >= 4 is 5.69 Å². The van der Waals surface area contributed by atoms with Crippen LogP contribution in [0.5, 0.6) is 5.88 Å². The number of nitrogens with one attached hydrogen (secondary N) is 1. The summed E-state index contributed by atoms with van der Waals surface area (Å²) in [6, 6.07) is 0. The minimum Gasteiger partial charge on any atom is -0.488 e. The van der Waals surface area contributed by atoms with Crippen LogP contribution in [0.3, 0.4) is 0 Å². The van der Waals surface area contributed by atoms with E-state index in [-0.39, 0.29) is 11.6 Å². The molecule has 0 bridgehead atoms. The molecule has 0 aromatic carbocycles. The van der Waals surface area contributed by atoms with E-state index in [4.69, 9.17) is 0 Å². The van der Waals surface area contributed by atoms with Crippen LogP contribution < -0.4 is 5.32 Å². The van der Waals surface area contributed by atoms with Crippen LogP contribution in [-0.2, 0) is 12.8 Å². The third kappa shape index (κ3) is 2.26. The van der Waals surface area contributed by atoms with Gasteiger partial charge in [-0.1, -0.05) is 6.92 Å². The average Bonchev–Trinajstić information content (AvgIpc) is 2.88. The molecule has 1 aromatic rings. The van der Waals surface area contributed by atoms with Gasteiger partial charge in [-0.25, -0.2) is 4.98 Å². The molecular weight excluding hydrogens is 274 g/mol. The maximum Gasteiger partial charge on any atom is 0.334 e. The molecule has 0 saturated carbocycles. The fourth-order valence-corrected chi connectivity index (χ4v) is 3.31. The van der Waals surface area contributed by atoms with Gasteiger partial charge in [-0.05, 0) is 30.7 Å². The Morgan fingerprint density at radius 3 is 2.90 bits per heavy atom. The van der Waals surface area contributed by atoms with Crippen molar-refractivity contribution in [2.24, 2.45) is 5.92 Å². The molecule has 1 aromatic heterocycles. The van der Waals surface area contributed by atoms with E-state index in [0.717, 1.165) is 12.0 Å². The number of hydrogen-bond acceptors (Lipinski definition) is 6. The van der Waals surface area contributed by atoms with Crippen molar-refractivity contribution in [1.29, 1.82) is 0 Å². The van der Waals surface area contributed by atoms with Gasteiger partial charge in [0.15, 0.2) is 0 Å². The third-order valence-electron chi connectivity index (χ3n) is 4.36. The first-order valence-corrected chi connectivity index (χ1v) is 7.14. The SMILES string of the molecule is C[C@H]1CNC[C](c2c3c(nc(O)c2[N+](=O)[O-])CCC3)[C@H]1O. The summed E-state index contributed by atoms with van der Waals surface area (Å²) in [5.74, 6) is 0.0191. The molecule has 1 saturated heterocycles. The van der Waals surface area contributed by atoms with Gasteiger partial charge < -0.3 is 15.5 Å². The quantitative estimate of drug-likeness (QED) is 0.547. The third-order valence-corrected chi connectivity index (χ3v) is 4.36. The normalized spacial score (nSPS) is 25.8. The molecule has 21 heavy (non-hydrogen) atoms. The van der Waals surface area contributed by atoms with Crippen molar-refractivity contribution in [3.8, 4) is 5.88 Å². The molecule has 0 spiro atoms. The van der Waals surface area contributed by atoms with E-state index in [1.165, 1.54) is 0 Å². The number of aromatic nitrogens is 1. The fraction of sp³-hybridized carbons (Fsp3) is 0.571. The molecule has 1 fully saturated rings. The van der Waals surface area contributed by atoms with E-state index in [0.29, 0.717) is 43.1 Å². The van der Waals surface area contributed by atoms with Gasteiger partial charge in [0.05, 0.1) is 22.5 Å². The number of hydrogen-bond donors (Lipinski definition) is 3. The highest BCUT2D eigenvalue weighted by molar-refractivity contribution is 5.62. The van der Waals surface area contributed by atoms with Crippen molar-refractivity contribution in [1.82, 2.24) is 10.3 Å². The van der Waals surface area contributed by atoms with E-state index < -0.39 is 16.9 Å². The maximum atomic E-state index is 11.4. The van der Waals surface area contributed by atoms with E-state index in [9.17, 15) is 20.3 Å². The number of aliphatic hydroxyl groups excluding tert-OH is 1. The highest BCUT2D eigenvalue weighted by Crippen LogP contribution is 2.42. The van der Waals surface area contributed by atoms with Gasteiger partial charge in [0, 0.05) is 18.8 Å². The monoisotopic (exact) mass is 292 g/mol. The Balaban J connectivity index is 2.18. The first-order valence-electron chi connectivity index (χ1n) is 7.14. The van der Waals surface area contributed by atoms with Crippen molar-refractivity contribution in [2.75, 3.05) is 13.1 Å². The van der Waals surface area contributed by atoms with Crippen LogP contribution in [0.15, 0.2) is 0 Å². The molecule has 2 aliphatic rings. The van der Waals surface area contributed by atoms with Crippen LogP contribution in [0.2, 0.25) is 0 Å². The van der Waals surface area contributed by atoms with Crippen molar-refractivity contribution in [2.45, 2.75) is 32.3 Å². The second-order valence-corrected chi connectivity index (χ2v) is 5.77. The summed E-state index contributed by atoms with van der Waals surface area (Å²) in [4.78, 5) is 14.7. The zero-order valence-corrected chi connectivity index (χ0v) is 11.8. The number of rotatable bonds is 2. The average molecular weight is 292 g/mol. The number of aryl methyl sites for hydroxylation is 1. The number of nitro groups is 1. The second kappa shape index (κ2) is 5.23. The highest BCUT2D eigenvalue weighted by atomic mass is 16.6. The molecule has 1 radical (unpaired) electrons. The van der Waals surface area contributed by atoms with Gasteiger partial charge in [-0.3, -0.25) is 10.1 Å². The molecule has 7 heteroatoms. The summed E-state index contributed by atoms with van der Waals surface area (Å²) >= 11 is 0. The number of aliphatic hydroxyl groups is 1. The molecule has 1 aliphatic carbocycles. The second-order valence-electron chi connectivity index (χ2n) is 5.77. The molecule has 2 atom stereocenters. The molecule has 7 nitrogen and oxygen atoms in total. The van der Waals surface area contributed by atoms with Crippen molar-refractivity contribution in [3.63, 3.8) is 0 Å². The minimum atomic E-state index is -0.739. The van der Waals surface area contributed by atoms with Gasteiger partial charge in [0.25, 0.3) is 5.88 Å². The topological polar surface area (TPSA) is 109 Å². The summed E-state index contributed by atoms with van der Waals surface area (Å²) in [6.45, 7) is 2.95. The largest absolute Gasteiger partial charge is 0.488 e. The predicted octanol–water partition coefficient (Wildman–Crippen LogP) is 0.707. The van der Waals surface area contributed by atoms with E-state index in [1.54, 1.807) is 0 Å². The summed E-state index contributed by atoms with van der Waals surface area (Å²) in [5.41, 5.74) is 1.54. The van der Waals surface area contributed by atoms with Gasteiger partial charge >= 0.3 is 5.69 Å². The van der Waals surface area contributed by atoms with Gasteiger partial charge in [-0.2, -0.15) is 0 Å². The van der Waals surface area contributed by atoms with Crippen LogP contribution in [0, 0.1) is 22.0 Å². The molecule has 113 valence electrons. The standard InChI is InChI=1S/C14H18N3O4/c1-7-5-15-6-9(13(7)18)11-8-3-2-4-10(8)16-14(19)12(11)17(20)21/h7,13,15,18H,2-6H2,1H3,(H,16,19)/t7-,13-/m0/s1. The Bertz CT molecular complexity index is 590. The summed E-state index contributed by atoms with van der Waals surface area (Å²) < 4.78 is 0. The number of nitrogens with zero attached hydrogens (tertiary/aromatic N) is 2. The Morgan fingerprint density at radius 1 is 1.43 bits per heavy atom. The fourth-order valence-electron chi connectivity index (χ4n) is 3.31. The van der Waals surface area contributed by atoms with Crippen LogP contribution in [0.25, 0.3) is 0 Å². The molecule has 2 heterocycles. The first kappa shape index (κ1) is 14.2. The van der Waals surface area contributed by atoms with E-state index in [1.807, 2.05) is 6.92 Å². The van der Waals surface area contributed by atoms with E-state index in [2.05, 4.69) is 10.3 Å². The molecule has 3 N–H and O–H groups in total. The van der Waals surface area contributed by atoms with Gasteiger partial charge in [0.1, 0.15) is 0 Å². The lowest BCUT2D eigenvalue weighted by atomic mass is 9.81. The van der Waals surface area contributed by atoms with Gasteiger partial charge in [0.2, 0.25) is 0 Å². The Labute approximate surface area is 122 Å². The summed E-state index contributed by atoms with van der Waals surface area (Å²) in [5, 5.41) is 34.9.